The van der Waals surface area contributed by atoms with Crippen LogP contribution >= 0.6 is 0 Å². The second-order valence-electron chi connectivity index (χ2n) is 6.68. The molecular formula is C22H19NO4. The highest BCUT2D eigenvalue weighted by molar-refractivity contribution is 6.00. The van der Waals surface area contributed by atoms with Gasteiger partial charge < -0.3 is 9.47 Å². The molecule has 4 rings (SSSR count). The van der Waals surface area contributed by atoms with Gasteiger partial charge in [0.15, 0.2) is 12.2 Å². The van der Waals surface area contributed by atoms with Crippen molar-refractivity contribution < 1.29 is 19.1 Å². The predicted octanol–water partition coefficient (Wildman–Crippen LogP) is 4.26. The first-order valence-corrected chi connectivity index (χ1v) is 8.80. The number of pyridine rings is 1. The first kappa shape index (κ1) is 17.2. The van der Waals surface area contributed by atoms with Crippen LogP contribution in [0, 0.1) is 6.92 Å². The van der Waals surface area contributed by atoms with Gasteiger partial charge in [0.05, 0.1) is 11.0 Å². The van der Waals surface area contributed by atoms with Gasteiger partial charge in [0.1, 0.15) is 0 Å². The van der Waals surface area contributed by atoms with E-state index in [1.165, 1.54) is 13.8 Å². The number of fused-ring (bicyclic) bond motifs is 4. The van der Waals surface area contributed by atoms with Crippen molar-refractivity contribution in [2.75, 3.05) is 0 Å². The Morgan fingerprint density at radius 1 is 0.963 bits per heavy atom. The molecule has 2 atom stereocenters. The third kappa shape index (κ3) is 2.95. The minimum atomic E-state index is -0.733. The molecule has 0 N–H and O–H groups in total. The van der Waals surface area contributed by atoms with Crippen molar-refractivity contribution in [1.29, 1.82) is 0 Å². The van der Waals surface area contributed by atoms with Crippen molar-refractivity contribution in [3.8, 4) is 0 Å². The van der Waals surface area contributed by atoms with Crippen LogP contribution < -0.4 is 0 Å². The van der Waals surface area contributed by atoms with Gasteiger partial charge in [-0.3, -0.25) is 9.59 Å². The van der Waals surface area contributed by atoms with Gasteiger partial charge in [0.2, 0.25) is 0 Å². The van der Waals surface area contributed by atoms with E-state index in [9.17, 15) is 9.59 Å². The first-order valence-electron chi connectivity index (χ1n) is 8.80. The summed E-state index contributed by atoms with van der Waals surface area (Å²) >= 11 is 0. The number of carbonyl (C=O) groups excluding carboxylic acids is 2. The highest BCUT2D eigenvalue weighted by Gasteiger charge is 2.33. The molecule has 0 saturated carbocycles. The summed E-state index contributed by atoms with van der Waals surface area (Å²) in [5.74, 6) is -0.868. The van der Waals surface area contributed by atoms with Crippen molar-refractivity contribution in [2.45, 2.75) is 33.0 Å². The van der Waals surface area contributed by atoms with Gasteiger partial charge in [-0.2, -0.15) is 0 Å². The number of aromatic nitrogens is 1. The zero-order chi connectivity index (χ0) is 19.1. The fraction of sp³-hybridized carbons (Fsp3) is 0.227. The minimum Gasteiger partial charge on any atom is -0.454 e. The van der Waals surface area contributed by atoms with Crippen LogP contribution in [0.1, 0.15) is 36.6 Å². The Morgan fingerprint density at radius 3 is 2.44 bits per heavy atom. The molecule has 5 heteroatoms. The fourth-order valence-electron chi connectivity index (χ4n) is 3.71. The van der Waals surface area contributed by atoms with Crippen LogP contribution in [-0.2, 0) is 19.1 Å². The average molecular weight is 361 g/mol. The summed E-state index contributed by atoms with van der Waals surface area (Å²) in [5, 5.41) is 2.07. The largest absolute Gasteiger partial charge is 0.454 e. The number of esters is 2. The summed E-state index contributed by atoms with van der Waals surface area (Å²) in [6.45, 7) is 4.75. The maximum absolute atomic E-state index is 11.8. The molecule has 1 heterocycles. The number of aryl methyl sites for hydroxylation is 1. The molecule has 0 unspecified atom stereocenters. The Morgan fingerprint density at radius 2 is 1.70 bits per heavy atom. The number of hydrogen-bond acceptors (Lipinski definition) is 5. The highest BCUT2D eigenvalue weighted by atomic mass is 16.6. The Bertz CT molecular complexity index is 1120. The van der Waals surface area contributed by atoms with Gasteiger partial charge in [0.25, 0.3) is 0 Å². The zero-order valence-electron chi connectivity index (χ0n) is 15.4. The maximum atomic E-state index is 11.8. The number of carbonyl (C=O) groups is 2. The quantitative estimate of drug-likeness (QED) is 0.504. The minimum absolute atomic E-state index is 0.430. The van der Waals surface area contributed by atoms with Crippen molar-refractivity contribution in [2.24, 2.45) is 0 Å². The number of rotatable bonds is 2. The molecule has 0 fully saturated rings. The molecule has 27 heavy (non-hydrogen) atoms. The van der Waals surface area contributed by atoms with Gasteiger partial charge in [-0.15, -0.1) is 0 Å². The highest BCUT2D eigenvalue weighted by Crippen LogP contribution is 2.39. The molecule has 2 aromatic carbocycles. The van der Waals surface area contributed by atoms with E-state index in [0.717, 1.165) is 38.5 Å². The van der Waals surface area contributed by atoms with E-state index in [2.05, 4.69) is 6.92 Å². The molecule has 0 saturated heterocycles. The number of benzene rings is 2. The lowest BCUT2D eigenvalue weighted by atomic mass is 9.88. The van der Waals surface area contributed by atoms with E-state index in [1.807, 2.05) is 42.5 Å². The lowest BCUT2D eigenvalue weighted by Crippen LogP contribution is -2.29. The van der Waals surface area contributed by atoms with Crippen molar-refractivity contribution in [1.82, 2.24) is 4.98 Å². The normalized spacial score (nSPS) is 18.3. The third-order valence-corrected chi connectivity index (χ3v) is 4.84. The van der Waals surface area contributed by atoms with Crippen LogP contribution in [0.25, 0.3) is 27.9 Å². The second kappa shape index (κ2) is 6.50. The Labute approximate surface area is 156 Å². The maximum Gasteiger partial charge on any atom is 0.303 e. The van der Waals surface area contributed by atoms with Crippen LogP contribution in [0.4, 0.5) is 0 Å². The zero-order valence-corrected chi connectivity index (χ0v) is 15.4. The average Bonchev–Trinajstić information content (AvgIpc) is 2.62. The smallest absolute Gasteiger partial charge is 0.303 e. The van der Waals surface area contributed by atoms with E-state index in [4.69, 9.17) is 14.5 Å². The first-order chi connectivity index (χ1) is 13.0. The molecule has 0 radical (unpaired) electrons. The second-order valence-corrected chi connectivity index (χ2v) is 6.68. The topological polar surface area (TPSA) is 65.5 Å². The molecule has 0 spiro atoms. The number of para-hydroxylation sites is 1. The number of hydrogen-bond donors (Lipinski definition) is 0. The van der Waals surface area contributed by atoms with E-state index < -0.39 is 24.1 Å². The van der Waals surface area contributed by atoms with E-state index in [0.29, 0.717) is 0 Å². The molecule has 0 bridgehead atoms. The SMILES string of the molecule is CC(=O)O[C@H]1C=Cc2ccc3c(C)c4ccccc4nc3c2[C@@H]1OC(C)=O. The molecule has 1 aromatic heterocycles. The van der Waals surface area contributed by atoms with Crippen LogP contribution in [0.3, 0.4) is 0 Å². The van der Waals surface area contributed by atoms with Gasteiger partial charge in [0, 0.05) is 30.2 Å². The van der Waals surface area contributed by atoms with Crippen molar-refractivity contribution in [3.05, 3.63) is 59.2 Å². The Hall–Kier alpha value is -3.21. The number of nitrogens with zero attached hydrogens (tertiary/aromatic N) is 1. The summed E-state index contributed by atoms with van der Waals surface area (Å²) in [6.07, 6.45) is 2.22. The van der Waals surface area contributed by atoms with E-state index in [1.54, 1.807) is 6.08 Å². The summed E-state index contributed by atoms with van der Waals surface area (Å²) < 4.78 is 11.0. The van der Waals surface area contributed by atoms with Crippen molar-refractivity contribution in [3.63, 3.8) is 0 Å². The van der Waals surface area contributed by atoms with E-state index in [-0.39, 0.29) is 0 Å². The third-order valence-electron chi connectivity index (χ3n) is 4.84. The van der Waals surface area contributed by atoms with Gasteiger partial charge in [-0.05, 0) is 30.2 Å². The van der Waals surface area contributed by atoms with Crippen LogP contribution in [0.2, 0.25) is 0 Å². The Balaban J connectivity index is 2.01. The molecule has 5 nitrogen and oxygen atoms in total. The van der Waals surface area contributed by atoms with Crippen LogP contribution in [-0.4, -0.2) is 23.0 Å². The summed E-state index contributed by atoms with van der Waals surface area (Å²) in [5.41, 5.74) is 4.41. The van der Waals surface area contributed by atoms with Crippen LogP contribution in [0.5, 0.6) is 0 Å². The molecule has 1 aliphatic carbocycles. The lowest BCUT2D eigenvalue weighted by molar-refractivity contribution is -0.162. The standard InChI is InChI=1S/C22H19NO4/c1-12-16-6-4-5-7-18(16)23-21-17(12)10-8-15-9-11-19(26-13(2)24)22(20(15)21)27-14(3)25/h4-11,19,22H,1-3H3/t19-,22+/m0/s1. The molecule has 0 amide bonds. The number of ether oxygens (including phenoxy) is 2. The van der Waals surface area contributed by atoms with Gasteiger partial charge in [-0.1, -0.05) is 36.4 Å². The Kier molecular flexibility index (Phi) is 4.15. The predicted molar refractivity (Wildman–Crippen MR) is 103 cm³/mol. The molecular weight excluding hydrogens is 342 g/mol. The fourth-order valence-corrected chi connectivity index (χ4v) is 3.71. The molecule has 1 aliphatic rings. The summed E-state index contributed by atoms with van der Waals surface area (Å²) in [6, 6.07) is 12.0. The van der Waals surface area contributed by atoms with Gasteiger partial charge >= 0.3 is 11.9 Å². The van der Waals surface area contributed by atoms with Crippen molar-refractivity contribution >= 4 is 39.8 Å². The summed E-state index contributed by atoms with van der Waals surface area (Å²) in [4.78, 5) is 28.2. The van der Waals surface area contributed by atoms with E-state index >= 15 is 0 Å². The lowest BCUT2D eigenvalue weighted by Gasteiger charge is -2.29. The molecule has 136 valence electrons. The monoisotopic (exact) mass is 361 g/mol. The molecule has 0 aliphatic heterocycles. The molecule has 3 aromatic rings. The van der Waals surface area contributed by atoms with Crippen LogP contribution in [0.15, 0.2) is 42.5 Å². The summed E-state index contributed by atoms with van der Waals surface area (Å²) in [7, 11) is 0. The van der Waals surface area contributed by atoms with Gasteiger partial charge in [-0.25, -0.2) is 4.98 Å².